The van der Waals surface area contributed by atoms with Crippen molar-refractivity contribution in [2.75, 3.05) is 0 Å². The van der Waals surface area contributed by atoms with Crippen LogP contribution in [0.4, 0.5) is 4.39 Å². The standard InChI is InChI=1S/C9H9BrFN5/c10-8-3-7(11)2-1-6(8)4-12-5-9-13-15-16-14-9/h1-3,12H,4-5H2,(H,13,14,15,16). The molecule has 0 saturated heterocycles. The fourth-order valence-electron chi connectivity index (χ4n) is 1.23. The zero-order chi connectivity index (χ0) is 11.4. The van der Waals surface area contributed by atoms with E-state index in [-0.39, 0.29) is 5.82 Å². The summed E-state index contributed by atoms with van der Waals surface area (Å²) in [5, 5.41) is 16.5. The molecule has 0 bridgehead atoms. The summed E-state index contributed by atoms with van der Waals surface area (Å²) in [5.74, 6) is 0.340. The van der Waals surface area contributed by atoms with Gasteiger partial charge in [0.15, 0.2) is 5.82 Å². The number of benzene rings is 1. The van der Waals surface area contributed by atoms with E-state index in [4.69, 9.17) is 0 Å². The molecule has 84 valence electrons. The van der Waals surface area contributed by atoms with Crippen LogP contribution in [0.3, 0.4) is 0 Å². The normalized spacial score (nSPS) is 10.6. The number of hydrogen-bond acceptors (Lipinski definition) is 4. The van der Waals surface area contributed by atoms with Crippen molar-refractivity contribution in [1.82, 2.24) is 25.9 Å². The Kier molecular flexibility index (Phi) is 3.58. The number of aromatic amines is 1. The van der Waals surface area contributed by atoms with E-state index >= 15 is 0 Å². The van der Waals surface area contributed by atoms with Gasteiger partial charge in [-0.2, -0.15) is 5.21 Å². The first kappa shape index (κ1) is 11.2. The summed E-state index contributed by atoms with van der Waals surface area (Å²) in [5.41, 5.74) is 0.977. The molecule has 0 spiro atoms. The lowest BCUT2D eigenvalue weighted by Gasteiger charge is -2.04. The van der Waals surface area contributed by atoms with Crippen molar-refractivity contribution in [2.45, 2.75) is 13.1 Å². The van der Waals surface area contributed by atoms with Gasteiger partial charge in [-0.05, 0) is 17.7 Å². The van der Waals surface area contributed by atoms with Crippen LogP contribution in [0.1, 0.15) is 11.4 Å². The molecule has 0 fully saturated rings. The summed E-state index contributed by atoms with van der Waals surface area (Å²) in [6.07, 6.45) is 0. The van der Waals surface area contributed by atoms with Crippen molar-refractivity contribution in [2.24, 2.45) is 0 Å². The topological polar surface area (TPSA) is 66.5 Å². The van der Waals surface area contributed by atoms with Crippen molar-refractivity contribution in [3.8, 4) is 0 Å². The number of tetrazole rings is 1. The third kappa shape index (κ3) is 2.83. The smallest absolute Gasteiger partial charge is 0.188 e. The molecule has 0 aliphatic carbocycles. The third-order valence-electron chi connectivity index (χ3n) is 2.00. The summed E-state index contributed by atoms with van der Waals surface area (Å²) in [6.45, 7) is 1.12. The van der Waals surface area contributed by atoms with Crippen molar-refractivity contribution >= 4 is 15.9 Å². The zero-order valence-corrected chi connectivity index (χ0v) is 9.83. The monoisotopic (exact) mass is 285 g/mol. The van der Waals surface area contributed by atoms with E-state index in [0.717, 1.165) is 10.0 Å². The minimum atomic E-state index is -0.256. The summed E-state index contributed by atoms with van der Waals surface area (Å²) in [7, 11) is 0. The second-order valence-corrected chi connectivity index (χ2v) is 4.02. The molecule has 0 amide bonds. The Morgan fingerprint density at radius 2 is 2.25 bits per heavy atom. The quantitative estimate of drug-likeness (QED) is 0.891. The first-order valence-electron chi connectivity index (χ1n) is 4.62. The third-order valence-corrected chi connectivity index (χ3v) is 2.74. The van der Waals surface area contributed by atoms with Crippen LogP contribution in [0.2, 0.25) is 0 Å². The van der Waals surface area contributed by atoms with Gasteiger partial charge < -0.3 is 5.32 Å². The van der Waals surface area contributed by atoms with Gasteiger partial charge in [0, 0.05) is 11.0 Å². The van der Waals surface area contributed by atoms with E-state index in [1.807, 2.05) is 0 Å². The van der Waals surface area contributed by atoms with E-state index in [1.54, 1.807) is 6.07 Å². The maximum atomic E-state index is 12.8. The predicted octanol–water partition coefficient (Wildman–Crippen LogP) is 1.39. The number of halogens is 2. The van der Waals surface area contributed by atoms with E-state index in [9.17, 15) is 4.39 Å². The molecule has 0 saturated carbocycles. The van der Waals surface area contributed by atoms with E-state index < -0.39 is 0 Å². The molecule has 1 aromatic heterocycles. The number of rotatable bonds is 4. The fourth-order valence-corrected chi connectivity index (χ4v) is 1.72. The van der Waals surface area contributed by atoms with Crippen LogP contribution in [0.15, 0.2) is 22.7 Å². The van der Waals surface area contributed by atoms with E-state index in [1.165, 1.54) is 12.1 Å². The van der Waals surface area contributed by atoms with Gasteiger partial charge in [0.05, 0.1) is 6.54 Å². The zero-order valence-electron chi connectivity index (χ0n) is 8.24. The fraction of sp³-hybridized carbons (Fsp3) is 0.222. The molecule has 5 nitrogen and oxygen atoms in total. The lowest BCUT2D eigenvalue weighted by atomic mass is 10.2. The minimum absolute atomic E-state index is 0.256. The Morgan fingerprint density at radius 3 is 2.94 bits per heavy atom. The van der Waals surface area contributed by atoms with Crippen LogP contribution in [-0.4, -0.2) is 20.6 Å². The molecule has 16 heavy (non-hydrogen) atoms. The highest BCUT2D eigenvalue weighted by Crippen LogP contribution is 2.17. The number of aromatic nitrogens is 4. The molecular weight excluding hydrogens is 277 g/mol. The van der Waals surface area contributed by atoms with Gasteiger partial charge in [0.25, 0.3) is 0 Å². The number of hydrogen-bond donors (Lipinski definition) is 2. The maximum absolute atomic E-state index is 12.8. The Labute approximate surface area is 99.6 Å². The van der Waals surface area contributed by atoms with Gasteiger partial charge in [0.1, 0.15) is 5.82 Å². The Balaban J connectivity index is 1.90. The molecule has 0 atom stereocenters. The van der Waals surface area contributed by atoms with Crippen LogP contribution in [0.25, 0.3) is 0 Å². The number of H-pyrrole nitrogens is 1. The second kappa shape index (κ2) is 5.13. The highest BCUT2D eigenvalue weighted by atomic mass is 79.9. The van der Waals surface area contributed by atoms with Crippen molar-refractivity contribution in [3.63, 3.8) is 0 Å². The largest absolute Gasteiger partial charge is 0.306 e. The van der Waals surface area contributed by atoms with Crippen LogP contribution in [0, 0.1) is 5.82 Å². The molecule has 1 aromatic carbocycles. The minimum Gasteiger partial charge on any atom is -0.306 e. The summed E-state index contributed by atoms with van der Waals surface area (Å²) in [6, 6.07) is 4.59. The summed E-state index contributed by atoms with van der Waals surface area (Å²) < 4.78 is 13.6. The number of nitrogens with one attached hydrogen (secondary N) is 2. The highest BCUT2D eigenvalue weighted by molar-refractivity contribution is 9.10. The average Bonchev–Trinajstić information content (AvgIpc) is 2.74. The summed E-state index contributed by atoms with van der Waals surface area (Å²) >= 11 is 3.30. The van der Waals surface area contributed by atoms with Gasteiger partial charge in [-0.3, -0.25) is 0 Å². The first-order valence-corrected chi connectivity index (χ1v) is 5.42. The first-order chi connectivity index (χ1) is 7.75. The molecule has 7 heteroatoms. The van der Waals surface area contributed by atoms with Crippen molar-refractivity contribution in [3.05, 3.63) is 39.9 Å². The average molecular weight is 286 g/mol. The summed E-state index contributed by atoms with van der Waals surface area (Å²) in [4.78, 5) is 0. The molecule has 0 radical (unpaired) electrons. The van der Waals surface area contributed by atoms with Crippen LogP contribution >= 0.6 is 15.9 Å². The molecule has 0 unspecified atom stereocenters. The van der Waals surface area contributed by atoms with Crippen molar-refractivity contribution < 1.29 is 4.39 Å². The highest BCUT2D eigenvalue weighted by Gasteiger charge is 2.02. The van der Waals surface area contributed by atoms with E-state index in [0.29, 0.717) is 18.9 Å². The molecule has 2 rings (SSSR count). The van der Waals surface area contributed by atoms with Crippen LogP contribution < -0.4 is 5.32 Å². The number of nitrogens with zero attached hydrogens (tertiary/aromatic N) is 3. The van der Waals surface area contributed by atoms with Crippen molar-refractivity contribution in [1.29, 1.82) is 0 Å². The molecule has 0 aliphatic heterocycles. The van der Waals surface area contributed by atoms with Crippen LogP contribution in [-0.2, 0) is 13.1 Å². The Morgan fingerprint density at radius 1 is 1.38 bits per heavy atom. The Hall–Kier alpha value is -1.34. The lowest BCUT2D eigenvalue weighted by molar-refractivity contribution is 0.622. The van der Waals surface area contributed by atoms with Gasteiger partial charge in [-0.1, -0.05) is 27.2 Å². The molecular formula is C9H9BrFN5. The lowest BCUT2D eigenvalue weighted by Crippen LogP contribution is -2.14. The molecule has 0 aliphatic rings. The molecule has 2 aromatic rings. The van der Waals surface area contributed by atoms with Crippen LogP contribution in [0.5, 0.6) is 0 Å². The second-order valence-electron chi connectivity index (χ2n) is 3.17. The van der Waals surface area contributed by atoms with Gasteiger partial charge in [-0.25, -0.2) is 4.39 Å². The Bertz CT molecular complexity index is 459. The van der Waals surface area contributed by atoms with Gasteiger partial charge in [0.2, 0.25) is 0 Å². The van der Waals surface area contributed by atoms with Gasteiger partial charge >= 0.3 is 0 Å². The van der Waals surface area contributed by atoms with E-state index in [2.05, 4.69) is 41.9 Å². The molecule has 2 N–H and O–H groups in total. The predicted molar refractivity (Wildman–Crippen MR) is 58.8 cm³/mol. The maximum Gasteiger partial charge on any atom is 0.188 e. The van der Waals surface area contributed by atoms with Gasteiger partial charge in [-0.15, -0.1) is 10.2 Å². The SMILES string of the molecule is Fc1ccc(CNCc2nn[nH]n2)c(Br)c1. The molecule has 1 heterocycles.